The Kier molecular flexibility index (Phi) is 1.26. The minimum atomic E-state index is 0.803. The first-order chi connectivity index (χ1) is 3.39. The van der Waals surface area contributed by atoms with E-state index in [1.165, 1.54) is 0 Å². The lowest BCUT2D eigenvalue weighted by atomic mass is 10.4. The van der Waals surface area contributed by atoms with Crippen LogP contribution in [0.4, 0.5) is 0 Å². The minimum absolute atomic E-state index is 0.803. The van der Waals surface area contributed by atoms with Crippen molar-refractivity contribution in [3.63, 3.8) is 0 Å². The monoisotopic (exact) mass is 99.1 g/mol. The van der Waals surface area contributed by atoms with Crippen molar-refractivity contribution in [3.05, 3.63) is 0 Å². The molecule has 7 heavy (non-hydrogen) atoms. The highest BCUT2D eigenvalue weighted by atomic mass is 15.4. The molecule has 0 spiro atoms. The molecule has 0 unspecified atom stereocenters. The molecule has 3 nitrogen and oxygen atoms in total. The number of nitrogens with one attached hydrogen (secondary N) is 2. The molecule has 0 atom stereocenters. The van der Waals surface area contributed by atoms with Crippen LogP contribution in [0.5, 0.6) is 0 Å². The summed E-state index contributed by atoms with van der Waals surface area (Å²) in [5, 5.41) is 7.03. The summed E-state index contributed by atoms with van der Waals surface area (Å²) in [4.78, 5) is 0. The van der Waals surface area contributed by atoms with E-state index in [1.807, 2.05) is 6.92 Å². The van der Waals surface area contributed by atoms with Gasteiger partial charge in [0.1, 0.15) is 0 Å². The van der Waals surface area contributed by atoms with Gasteiger partial charge < -0.3 is 0 Å². The maximum atomic E-state index is 3.93. The van der Waals surface area contributed by atoms with Crippen molar-refractivity contribution in [3.8, 4) is 0 Å². The summed E-state index contributed by atoms with van der Waals surface area (Å²) < 4.78 is 0. The number of nitrogens with zero attached hydrogens (tertiary/aromatic N) is 1. The van der Waals surface area contributed by atoms with E-state index in [-0.39, 0.29) is 0 Å². The van der Waals surface area contributed by atoms with Crippen molar-refractivity contribution in [1.82, 2.24) is 10.7 Å². The van der Waals surface area contributed by atoms with E-state index in [0.717, 1.165) is 18.9 Å². The van der Waals surface area contributed by atoms with E-state index in [4.69, 9.17) is 0 Å². The van der Waals surface area contributed by atoms with Gasteiger partial charge in [0.05, 0.1) is 6.67 Å². The van der Waals surface area contributed by atoms with Crippen molar-refractivity contribution < 1.29 is 0 Å². The Hall–Kier alpha value is -0.570. The van der Waals surface area contributed by atoms with Crippen LogP contribution < -0.4 is 10.7 Å². The van der Waals surface area contributed by atoms with Crippen LogP contribution in [0.2, 0.25) is 0 Å². The Balaban J connectivity index is 2.40. The summed E-state index contributed by atoms with van der Waals surface area (Å²) >= 11 is 0. The van der Waals surface area contributed by atoms with Crippen LogP contribution in [-0.4, -0.2) is 18.9 Å². The smallest absolute Gasteiger partial charge is 0.0826 e. The SMILES string of the molecule is CC1=NNCNC1. The molecule has 0 radical (unpaired) electrons. The Morgan fingerprint density at radius 1 is 1.71 bits per heavy atom. The maximum absolute atomic E-state index is 3.93. The lowest BCUT2D eigenvalue weighted by Crippen LogP contribution is -2.35. The predicted octanol–water partition coefficient (Wildman–Crippen LogP) is -0.487. The zero-order chi connectivity index (χ0) is 5.11. The topological polar surface area (TPSA) is 36.4 Å². The first-order valence-electron chi connectivity index (χ1n) is 2.36. The van der Waals surface area contributed by atoms with Gasteiger partial charge in [-0.1, -0.05) is 0 Å². The summed E-state index contributed by atoms with van der Waals surface area (Å²) in [5.74, 6) is 0. The lowest BCUT2D eigenvalue weighted by molar-refractivity contribution is 0.613. The molecule has 0 bridgehead atoms. The third-order valence-corrected chi connectivity index (χ3v) is 0.855. The van der Waals surface area contributed by atoms with Crippen LogP contribution in [0.3, 0.4) is 0 Å². The van der Waals surface area contributed by atoms with Crippen LogP contribution in [0.15, 0.2) is 5.10 Å². The van der Waals surface area contributed by atoms with Crippen molar-refractivity contribution in [2.24, 2.45) is 5.10 Å². The van der Waals surface area contributed by atoms with E-state index in [1.54, 1.807) is 0 Å². The fourth-order valence-corrected chi connectivity index (χ4v) is 0.513. The van der Waals surface area contributed by atoms with E-state index in [2.05, 4.69) is 15.8 Å². The molecule has 0 saturated heterocycles. The number of hydrogen-bond donors (Lipinski definition) is 2. The van der Waals surface area contributed by atoms with Crippen LogP contribution in [0, 0.1) is 0 Å². The van der Waals surface area contributed by atoms with E-state index in [0.29, 0.717) is 0 Å². The molecule has 1 aliphatic rings. The van der Waals surface area contributed by atoms with Crippen LogP contribution in [-0.2, 0) is 0 Å². The molecule has 40 valence electrons. The minimum Gasteiger partial charge on any atom is -0.296 e. The summed E-state index contributed by atoms with van der Waals surface area (Å²) in [6, 6.07) is 0. The molecular weight excluding hydrogens is 90.1 g/mol. The average molecular weight is 99.1 g/mol. The molecule has 1 heterocycles. The zero-order valence-electron chi connectivity index (χ0n) is 4.36. The molecule has 1 rings (SSSR count). The second-order valence-electron chi connectivity index (χ2n) is 1.61. The second kappa shape index (κ2) is 1.93. The Morgan fingerprint density at radius 2 is 2.57 bits per heavy atom. The Bertz CT molecular complexity index is 86.9. The predicted molar refractivity (Wildman–Crippen MR) is 29.1 cm³/mol. The van der Waals surface area contributed by atoms with Gasteiger partial charge in [0.15, 0.2) is 0 Å². The number of hydrogen-bond acceptors (Lipinski definition) is 3. The van der Waals surface area contributed by atoms with Gasteiger partial charge in [0.2, 0.25) is 0 Å². The molecule has 3 heteroatoms. The molecule has 0 aromatic heterocycles. The maximum Gasteiger partial charge on any atom is 0.0826 e. The van der Waals surface area contributed by atoms with Gasteiger partial charge in [-0.25, -0.2) is 0 Å². The van der Waals surface area contributed by atoms with Crippen molar-refractivity contribution in [1.29, 1.82) is 0 Å². The third kappa shape index (κ3) is 1.16. The molecule has 1 aliphatic heterocycles. The van der Waals surface area contributed by atoms with Crippen molar-refractivity contribution >= 4 is 5.71 Å². The van der Waals surface area contributed by atoms with E-state index >= 15 is 0 Å². The van der Waals surface area contributed by atoms with Crippen molar-refractivity contribution in [2.75, 3.05) is 13.2 Å². The molecular formula is C4H9N3. The van der Waals surface area contributed by atoms with Gasteiger partial charge in [-0.15, -0.1) is 0 Å². The fraction of sp³-hybridized carbons (Fsp3) is 0.750. The van der Waals surface area contributed by atoms with Gasteiger partial charge in [-0.3, -0.25) is 10.7 Å². The van der Waals surface area contributed by atoms with Gasteiger partial charge in [-0.05, 0) is 6.92 Å². The summed E-state index contributed by atoms with van der Waals surface area (Å²) in [5.41, 5.74) is 3.93. The van der Waals surface area contributed by atoms with Crippen molar-refractivity contribution in [2.45, 2.75) is 6.92 Å². The van der Waals surface area contributed by atoms with Gasteiger partial charge in [-0.2, -0.15) is 5.10 Å². The van der Waals surface area contributed by atoms with Gasteiger partial charge >= 0.3 is 0 Å². The van der Waals surface area contributed by atoms with E-state index < -0.39 is 0 Å². The standard InChI is InChI=1S/C4H9N3/c1-4-2-5-3-6-7-4/h5-6H,2-3H2,1H3. The first-order valence-corrected chi connectivity index (χ1v) is 2.36. The lowest BCUT2D eigenvalue weighted by Gasteiger charge is -2.09. The highest BCUT2D eigenvalue weighted by molar-refractivity contribution is 5.83. The van der Waals surface area contributed by atoms with Crippen LogP contribution in [0.25, 0.3) is 0 Å². The first kappa shape index (κ1) is 4.59. The van der Waals surface area contributed by atoms with E-state index in [9.17, 15) is 0 Å². The highest BCUT2D eigenvalue weighted by Gasteiger charge is 1.93. The fourth-order valence-electron chi connectivity index (χ4n) is 0.513. The quantitative estimate of drug-likeness (QED) is 0.430. The number of rotatable bonds is 0. The molecule has 0 saturated carbocycles. The normalized spacial score (nSPS) is 20.4. The van der Waals surface area contributed by atoms with Crippen LogP contribution in [0.1, 0.15) is 6.92 Å². The van der Waals surface area contributed by atoms with Gasteiger partial charge in [0, 0.05) is 12.3 Å². The summed E-state index contributed by atoms with van der Waals surface area (Å²) in [7, 11) is 0. The summed E-state index contributed by atoms with van der Waals surface area (Å²) in [6.07, 6.45) is 0. The summed E-state index contributed by atoms with van der Waals surface area (Å²) in [6.45, 7) is 3.71. The molecule has 0 aromatic rings. The van der Waals surface area contributed by atoms with Gasteiger partial charge in [0.25, 0.3) is 0 Å². The molecule has 0 amide bonds. The largest absolute Gasteiger partial charge is 0.296 e. The molecule has 0 fully saturated rings. The Labute approximate surface area is 42.8 Å². The second-order valence-corrected chi connectivity index (χ2v) is 1.61. The molecule has 0 aromatic carbocycles. The average Bonchev–Trinajstić information content (AvgIpc) is 1.69. The highest BCUT2D eigenvalue weighted by Crippen LogP contribution is 1.74. The number of hydrazone groups is 1. The van der Waals surface area contributed by atoms with Crippen LogP contribution >= 0.6 is 0 Å². The third-order valence-electron chi connectivity index (χ3n) is 0.855. The zero-order valence-corrected chi connectivity index (χ0v) is 4.36. The molecule has 2 N–H and O–H groups in total. The molecule has 0 aliphatic carbocycles. The Morgan fingerprint density at radius 3 is 2.86 bits per heavy atom.